The molecule has 3 aromatic rings. The van der Waals surface area contributed by atoms with Gasteiger partial charge in [-0.25, -0.2) is 0 Å². The maximum atomic E-state index is 12.7. The summed E-state index contributed by atoms with van der Waals surface area (Å²) in [6.07, 6.45) is 3.85. The molecule has 0 fully saturated rings. The zero-order valence-corrected chi connectivity index (χ0v) is 16.5. The van der Waals surface area contributed by atoms with E-state index in [0.29, 0.717) is 16.6 Å². The largest absolute Gasteiger partial charge is 1.00 e. The molecule has 0 amide bonds. The van der Waals surface area contributed by atoms with Crippen molar-refractivity contribution in [2.24, 2.45) is 0 Å². The summed E-state index contributed by atoms with van der Waals surface area (Å²) in [4.78, 5) is 25.5. The van der Waals surface area contributed by atoms with Gasteiger partial charge in [-0.05, 0) is 48.4 Å². The summed E-state index contributed by atoms with van der Waals surface area (Å²) in [6.45, 7) is 0. The topological polar surface area (TPSA) is 70.3 Å². The first-order valence-corrected chi connectivity index (χ1v) is 8.84. The van der Waals surface area contributed by atoms with Crippen LogP contribution in [0.1, 0.15) is 10.4 Å². The predicted molar refractivity (Wildman–Crippen MR) is 87.9 cm³/mol. The van der Waals surface area contributed by atoms with Gasteiger partial charge in [-0.3, -0.25) is 4.79 Å². The summed E-state index contributed by atoms with van der Waals surface area (Å²) in [5.74, 6) is -1.32. The van der Waals surface area contributed by atoms with E-state index in [1.165, 1.54) is 41.7 Å². The standard InChI is InChI=1S/C16H12O4S2.Na/c1-21-9-6-11-14(17)10-5-8(16(18)19)3-4-12(10)20-15(11)13(7-9)22-2;/h3-7H,1-2H3,(H,18,19);/q;+1/p-1. The second-order valence-corrected chi connectivity index (χ2v) is 6.36. The molecule has 2 aromatic carbocycles. The molecular formula is C16H11NaO4S2. The molecule has 4 nitrogen and oxygen atoms in total. The monoisotopic (exact) mass is 354 g/mol. The first kappa shape index (κ1) is 18.4. The Bertz CT molecular complexity index is 966. The van der Waals surface area contributed by atoms with Crippen LogP contribution in [0.5, 0.6) is 0 Å². The number of fused-ring (bicyclic) bond motifs is 2. The summed E-state index contributed by atoms with van der Waals surface area (Å²) in [5.41, 5.74) is 0.634. The molecule has 0 saturated carbocycles. The Morgan fingerprint density at radius 2 is 1.83 bits per heavy atom. The summed E-state index contributed by atoms with van der Waals surface area (Å²) < 4.78 is 5.84. The predicted octanol–water partition coefficient (Wildman–Crippen LogP) is -0.243. The number of rotatable bonds is 3. The third-order valence-corrected chi connectivity index (χ3v) is 4.85. The van der Waals surface area contributed by atoms with E-state index in [2.05, 4.69) is 0 Å². The molecule has 0 bridgehead atoms. The Morgan fingerprint density at radius 1 is 1.09 bits per heavy atom. The van der Waals surface area contributed by atoms with Gasteiger partial charge >= 0.3 is 29.6 Å². The molecule has 0 radical (unpaired) electrons. The quantitative estimate of drug-likeness (QED) is 0.367. The van der Waals surface area contributed by atoms with E-state index in [9.17, 15) is 14.7 Å². The van der Waals surface area contributed by atoms with Gasteiger partial charge in [-0.2, -0.15) is 0 Å². The van der Waals surface area contributed by atoms with Gasteiger partial charge < -0.3 is 14.3 Å². The molecule has 7 heteroatoms. The van der Waals surface area contributed by atoms with Crippen molar-refractivity contribution in [2.75, 3.05) is 12.5 Å². The molecule has 112 valence electrons. The summed E-state index contributed by atoms with van der Waals surface area (Å²) in [6, 6.07) is 7.93. The van der Waals surface area contributed by atoms with Gasteiger partial charge in [0.25, 0.3) is 0 Å². The normalized spacial score (nSPS) is 10.7. The maximum absolute atomic E-state index is 12.7. The van der Waals surface area contributed by atoms with Crippen LogP contribution in [-0.4, -0.2) is 18.5 Å². The Kier molecular flexibility index (Phi) is 5.86. The zero-order chi connectivity index (χ0) is 15.9. The van der Waals surface area contributed by atoms with E-state index in [1.54, 1.807) is 6.07 Å². The van der Waals surface area contributed by atoms with Crippen molar-refractivity contribution in [3.05, 3.63) is 46.1 Å². The van der Waals surface area contributed by atoms with E-state index in [-0.39, 0.29) is 45.9 Å². The van der Waals surface area contributed by atoms with Crippen molar-refractivity contribution < 1.29 is 43.9 Å². The number of aromatic carboxylic acids is 1. The molecule has 0 spiro atoms. The van der Waals surface area contributed by atoms with Gasteiger partial charge in [-0.15, -0.1) is 23.5 Å². The molecule has 0 unspecified atom stereocenters. The Morgan fingerprint density at radius 3 is 2.43 bits per heavy atom. The second-order valence-electron chi connectivity index (χ2n) is 4.64. The van der Waals surface area contributed by atoms with Crippen LogP contribution >= 0.6 is 23.5 Å². The van der Waals surface area contributed by atoms with Gasteiger partial charge in [0.05, 0.1) is 21.6 Å². The fraction of sp³-hybridized carbons (Fsp3) is 0.125. The smallest absolute Gasteiger partial charge is 0.545 e. The van der Waals surface area contributed by atoms with Crippen LogP contribution in [0.4, 0.5) is 0 Å². The van der Waals surface area contributed by atoms with E-state index < -0.39 is 5.97 Å². The minimum atomic E-state index is -1.32. The van der Waals surface area contributed by atoms with E-state index in [1.807, 2.05) is 18.6 Å². The number of hydrogen-bond acceptors (Lipinski definition) is 6. The van der Waals surface area contributed by atoms with Gasteiger partial charge in [0.1, 0.15) is 5.58 Å². The first-order chi connectivity index (χ1) is 10.5. The molecule has 0 aliphatic heterocycles. The van der Waals surface area contributed by atoms with Crippen molar-refractivity contribution in [3.8, 4) is 0 Å². The van der Waals surface area contributed by atoms with Crippen LogP contribution in [0.3, 0.4) is 0 Å². The summed E-state index contributed by atoms with van der Waals surface area (Å²) >= 11 is 3.04. The van der Waals surface area contributed by atoms with Crippen molar-refractivity contribution in [1.82, 2.24) is 0 Å². The van der Waals surface area contributed by atoms with Crippen molar-refractivity contribution in [2.45, 2.75) is 9.79 Å². The van der Waals surface area contributed by atoms with Gasteiger partial charge in [0.2, 0.25) is 5.43 Å². The maximum Gasteiger partial charge on any atom is 1.00 e. The Balaban J connectivity index is 0.00000192. The number of carboxylic acid groups (broad SMARTS) is 1. The fourth-order valence-electron chi connectivity index (χ4n) is 2.30. The second kappa shape index (κ2) is 7.32. The van der Waals surface area contributed by atoms with Crippen LogP contribution in [0, 0.1) is 0 Å². The van der Waals surface area contributed by atoms with Crippen molar-refractivity contribution >= 4 is 51.4 Å². The summed E-state index contributed by atoms with van der Waals surface area (Å²) in [5, 5.41) is 11.7. The Labute approximate surface area is 162 Å². The zero-order valence-electron chi connectivity index (χ0n) is 12.8. The van der Waals surface area contributed by atoms with Crippen molar-refractivity contribution in [3.63, 3.8) is 0 Å². The van der Waals surface area contributed by atoms with E-state index in [4.69, 9.17) is 4.42 Å². The SMILES string of the molecule is CSc1cc(SC)c2oc3ccc(C(=O)[O-])cc3c(=O)c2c1.[Na+]. The number of benzene rings is 2. The van der Waals surface area contributed by atoms with Crippen LogP contribution in [0.2, 0.25) is 0 Å². The average Bonchev–Trinajstić information content (AvgIpc) is 2.54. The molecule has 0 aliphatic carbocycles. The summed E-state index contributed by atoms with van der Waals surface area (Å²) in [7, 11) is 0. The molecule has 23 heavy (non-hydrogen) atoms. The fourth-order valence-corrected chi connectivity index (χ4v) is 3.43. The van der Waals surface area contributed by atoms with Gasteiger partial charge in [-0.1, -0.05) is 0 Å². The average molecular weight is 354 g/mol. The molecule has 3 rings (SSSR count). The molecular weight excluding hydrogens is 343 g/mol. The third-order valence-electron chi connectivity index (χ3n) is 3.40. The minimum Gasteiger partial charge on any atom is -0.545 e. The number of carboxylic acids is 1. The molecule has 0 atom stereocenters. The number of hydrogen-bond donors (Lipinski definition) is 0. The molecule has 1 aromatic heterocycles. The van der Waals surface area contributed by atoms with Crippen LogP contribution in [-0.2, 0) is 0 Å². The number of carbonyl (C=O) groups is 1. The number of carbonyl (C=O) groups excluding carboxylic acids is 1. The van der Waals surface area contributed by atoms with Gasteiger partial charge in [0, 0.05) is 4.90 Å². The van der Waals surface area contributed by atoms with Crippen LogP contribution in [0.15, 0.2) is 49.3 Å². The first-order valence-electron chi connectivity index (χ1n) is 6.39. The van der Waals surface area contributed by atoms with Crippen LogP contribution in [0.25, 0.3) is 21.9 Å². The van der Waals surface area contributed by atoms with Gasteiger partial charge in [0.15, 0.2) is 5.58 Å². The molecule has 0 N–H and O–H groups in total. The third kappa shape index (κ3) is 3.32. The Hall–Kier alpha value is -0.920. The van der Waals surface area contributed by atoms with E-state index in [0.717, 1.165) is 9.79 Å². The molecule has 0 aliphatic rings. The molecule has 0 saturated heterocycles. The van der Waals surface area contributed by atoms with E-state index >= 15 is 0 Å². The molecule has 1 heterocycles. The minimum absolute atomic E-state index is 0. The van der Waals surface area contributed by atoms with Crippen molar-refractivity contribution in [1.29, 1.82) is 0 Å². The van der Waals surface area contributed by atoms with Crippen LogP contribution < -0.4 is 40.1 Å². The number of thioether (sulfide) groups is 2.